The number of hydrogen-bond donors (Lipinski definition) is 1. The molecule has 1 atom stereocenters. The molecule has 1 heterocycles. The normalized spacial score (nSPS) is 11.8. The molecule has 0 spiro atoms. The zero-order valence-electron chi connectivity index (χ0n) is 15.5. The molecule has 140 valence electrons. The molecule has 2 aromatic rings. The number of amides is 2. The first-order chi connectivity index (χ1) is 12.7. The molecule has 0 radical (unpaired) electrons. The Morgan fingerprint density at radius 2 is 1.96 bits per heavy atom. The lowest BCUT2D eigenvalue weighted by atomic mass is 9.95. The average molecular weight is 374 g/mol. The predicted octanol–water partition coefficient (Wildman–Crippen LogP) is 4.29. The molecular formula is C20H27N3O2S. The van der Waals surface area contributed by atoms with E-state index in [2.05, 4.69) is 17.2 Å². The number of rotatable bonds is 10. The fourth-order valence-electron chi connectivity index (χ4n) is 2.90. The summed E-state index contributed by atoms with van der Waals surface area (Å²) in [4.78, 5) is 31.3. The maximum atomic E-state index is 13.1. The summed E-state index contributed by atoms with van der Waals surface area (Å²) in [6.45, 7) is 4.79. The van der Waals surface area contributed by atoms with Gasteiger partial charge in [0.1, 0.15) is 0 Å². The number of nitrogens with zero attached hydrogens (tertiary/aromatic N) is 2. The summed E-state index contributed by atoms with van der Waals surface area (Å²) in [6.07, 6.45) is 5.37. The van der Waals surface area contributed by atoms with E-state index in [4.69, 9.17) is 0 Å². The Hall–Kier alpha value is -2.21. The summed E-state index contributed by atoms with van der Waals surface area (Å²) in [5.41, 5.74) is 1.00. The molecule has 5 nitrogen and oxygen atoms in total. The molecule has 0 aliphatic heterocycles. The molecule has 26 heavy (non-hydrogen) atoms. The SMILES string of the molecule is CCCCCN(CC(=O)Nc1nccs1)C(=O)C(CC)c1ccccc1. The van der Waals surface area contributed by atoms with Crippen molar-refractivity contribution in [1.29, 1.82) is 0 Å². The van der Waals surface area contributed by atoms with E-state index in [1.54, 1.807) is 11.1 Å². The van der Waals surface area contributed by atoms with Gasteiger partial charge in [-0.1, -0.05) is 57.0 Å². The standard InChI is InChI=1S/C20H27N3O2S/c1-3-5-9-13-23(15-18(24)22-20-21-12-14-26-20)19(25)17(4-2)16-10-7-6-8-11-16/h6-8,10-12,14,17H,3-5,9,13,15H2,1-2H3,(H,21,22,24). The fourth-order valence-corrected chi connectivity index (χ4v) is 3.44. The van der Waals surface area contributed by atoms with E-state index in [0.717, 1.165) is 24.8 Å². The topological polar surface area (TPSA) is 62.3 Å². The van der Waals surface area contributed by atoms with E-state index in [1.165, 1.54) is 11.3 Å². The smallest absolute Gasteiger partial charge is 0.245 e. The highest BCUT2D eigenvalue weighted by Gasteiger charge is 2.25. The van der Waals surface area contributed by atoms with Crippen molar-refractivity contribution >= 4 is 28.3 Å². The first-order valence-electron chi connectivity index (χ1n) is 9.18. The Bertz CT molecular complexity index is 674. The molecule has 0 saturated carbocycles. The maximum absolute atomic E-state index is 13.1. The number of benzene rings is 1. The Labute approximate surface area is 159 Å². The summed E-state index contributed by atoms with van der Waals surface area (Å²) < 4.78 is 0. The van der Waals surface area contributed by atoms with E-state index in [9.17, 15) is 9.59 Å². The van der Waals surface area contributed by atoms with Gasteiger partial charge >= 0.3 is 0 Å². The lowest BCUT2D eigenvalue weighted by Crippen LogP contribution is -2.41. The summed E-state index contributed by atoms with van der Waals surface area (Å²) in [6, 6.07) is 9.79. The van der Waals surface area contributed by atoms with Crippen molar-refractivity contribution in [3.63, 3.8) is 0 Å². The Morgan fingerprint density at radius 3 is 2.58 bits per heavy atom. The quantitative estimate of drug-likeness (QED) is 0.632. The third kappa shape index (κ3) is 5.95. The van der Waals surface area contributed by atoms with Gasteiger partial charge in [0.15, 0.2) is 5.13 Å². The maximum Gasteiger partial charge on any atom is 0.245 e. The fraction of sp³-hybridized carbons (Fsp3) is 0.450. The number of unbranched alkanes of at least 4 members (excludes halogenated alkanes) is 2. The van der Waals surface area contributed by atoms with Crippen molar-refractivity contribution in [3.8, 4) is 0 Å². The van der Waals surface area contributed by atoms with Crippen LogP contribution in [0, 0.1) is 0 Å². The van der Waals surface area contributed by atoms with Gasteiger partial charge in [-0.3, -0.25) is 9.59 Å². The number of anilines is 1. The second-order valence-electron chi connectivity index (χ2n) is 6.22. The van der Waals surface area contributed by atoms with E-state index >= 15 is 0 Å². The van der Waals surface area contributed by atoms with Crippen LogP contribution < -0.4 is 5.32 Å². The van der Waals surface area contributed by atoms with Gasteiger partial charge < -0.3 is 10.2 Å². The van der Waals surface area contributed by atoms with Crippen molar-refractivity contribution in [2.75, 3.05) is 18.4 Å². The molecule has 1 unspecified atom stereocenters. The van der Waals surface area contributed by atoms with E-state index < -0.39 is 0 Å². The van der Waals surface area contributed by atoms with Crippen LogP contribution in [0.3, 0.4) is 0 Å². The molecule has 0 bridgehead atoms. The zero-order chi connectivity index (χ0) is 18.8. The van der Waals surface area contributed by atoms with Crippen LogP contribution in [0.25, 0.3) is 0 Å². The minimum Gasteiger partial charge on any atom is -0.333 e. The molecule has 0 aliphatic carbocycles. The molecule has 0 saturated heterocycles. The minimum atomic E-state index is -0.217. The monoisotopic (exact) mass is 373 g/mol. The van der Waals surface area contributed by atoms with Crippen LogP contribution in [-0.4, -0.2) is 34.8 Å². The van der Waals surface area contributed by atoms with Gasteiger partial charge in [0.05, 0.1) is 12.5 Å². The molecule has 2 amide bonds. The van der Waals surface area contributed by atoms with Crippen molar-refractivity contribution in [2.45, 2.75) is 45.4 Å². The van der Waals surface area contributed by atoms with Crippen LogP contribution in [0.2, 0.25) is 0 Å². The van der Waals surface area contributed by atoms with Crippen molar-refractivity contribution in [2.24, 2.45) is 0 Å². The largest absolute Gasteiger partial charge is 0.333 e. The molecule has 2 rings (SSSR count). The van der Waals surface area contributed by atoms with Gasteiger partial charge in [0.2, 0.25) is 11.8 Å². The Morgan fingerprint density at radius 1 is 1.19 bits per heavy atom. The van der Waals surface area contributed by atoms with Crippen molar-refractivity contribution in [3.05, 3.63) is 47.5 Å². The molecule has 1 aromatic carbocycles. The number of hydrogen-bond acceptors (Lipinski definition) is 4. The van der Waals surface area contributed by atoms with Gasteiger partial charge in [-0.15, -0.1) is 11.3 Å². The van der Waals surface area contributed by atoms with Crippen LogP contribution in [0.5, 0.6) is 0 Å². The average Bonchev–Trinajstić information content (AvgIpc) is 3.15. The van der Waals surface area contributed by atoms with Gasteiger partial charge in [0.25, 0.3) is 0 Å². The highest BCUT2D eigenvalue weighted by Crippen LogP contribution is 2.22. The number of carbonyl (C=O) groups excluding carboxylic acids is 2. The number of carbonyl (C=O) groups is 2. The van der Waals surface area contributed by atoms with Gasteiger partial charge in [-0.2, -0.15) is 0 Å². The molecular weight excluding hydrogens is 346 g/mol. The van der Waals surface area contributed by atoms with E-state index in [-0.39, 0.29) is 24.3 Å². The number of aromatic nitrogens is 1. The summed E-state index contributed by atoms with van der Waals surface area (Å²) in [5, 5.41) is 5.14. The molecule has 1 N–H and O–H groups in total. The lowest BCUT2D eigenvalue weighted by Gasteiger charge is -2.26. The molecule has 0 aliphatic rings. The summed E-state index contributed by atoms with van der Waals surface area (Å²) in [5.74, 6) is -0.401. The van der Waals surface area contributed by atoms with Crippen LogP contribution in [0.1, 0.15) is 51.0 Å². The van der Waals surface area contributed by atoms with Crippen molar-refractivity contribution in [1.82, 2.24) is 9.88 Å². The highest BCUT2D eigenvalue weighted by molar-refractivity contribution is 7.13. The molecule has 6 heteroatoms. The van der Waals surface area contributed by atoms with Gasteiger partial charge in [0, 0.05) is 18.1 Å². The Kier molecular flexibility index (Phi) is 8.28. The predicted molar refractivity (Wildman–Crippen MR) is 106 cm³/mol. The zero-order valence-corrected chi connectivity index (χ0v) is 16.3. The van der Waals surface area contributed by atoms with Crippen LogP contribution in [-0.2, 0) is 9.59 Å². The van der Waals surface area contributed by atoms with Crippen LogP contribution in [0.15, 0.2) is 41.9 Å². The highest BCUT2D eigenvalue weighted by atomic mass is 32.1. The van der Waals surface area contributed by atoms with Gasteiger partial charge in [-0.25, -0.2) is 4.98 Å². The van der Waals surface area contributed by atoms with Crippen LogP contribution in [0.4, 0.5) is 5.13 Å². The first kappa shape index (κ1) is 20.1. The molecule has 0 fully saturated rings. The third-order valence-electron chi connectivity index (χ3n) is 4.26. The Balaban J connectivity index is 2.08. The van der Waals surface area contributed by atoms with E-state index in [1.807, 2.05) is 42.6 Å². The lowest BCUT2D eigenvalue weighted by molar-refractivity contribution is -0.136. The molecule has 1 aromatic heterocycles. The van der Waals surface area contributed by atoms with E-state index in [0.29, 0.717) is 18.1 Å². The first-order valence-corrected chi connectivity index (χ1v) is 10.1. The summed E-state index contributed by atoms with van der Waals surface area (Å²) in [7, 11) is 0. The second-order valence-corrected chi connectivity index (χ2v) is 7.12. The van der Waals surface area contributed by atoms with Crippen LogP contribution >= 0.6 is 11.3 Å². The minimum absolute atomic E-state index is 0.0177. The summed E-state index contributed by atoms with van der Waals surface area (Å²) >= 11 is 1.37. The number of thiazole rings is 1. The van der Waals surface area contributed by atoms with Crippen molar-refractivity contribution < 1.29 is 9.59 Å². The second kappa shape index (κ2) is 10.7. The number of nitrogens with one attached hydrogen (secondary N) is 1. The van der Waals surface area contributed by atoms with Gasteiger partial charge in [-0.05, 0) is 18.4 Å². The third-order valence-corrected chi connectivity index (χ3v) is 4.95.